The zero-order valence-corrected chi connectivity index (χ0v) is 17.3. The van der Waals surface area contributed by atoms with E-state index in [9.17, 15) is 4.79 Å². The molecule has 1 aromatic rings. The molecule has 0 bridgehead atoms. The molecule has 26 heavy (non-hydrogen) atoms. The first-order chi connectivity index (χ1) is 12.2. The number of carbonyl (C=O) groups excluding carboxylic acids is 1. The van der Waals surface area contributed by atoms with Crippen molar-refractivity contribution in [2.24, 2.45) is 10.4 Å². The van der Waals surface area contributed by atoms with Crippen LogP contribution in [0.15, 0.2) is 29.3 Å². The topological polar surface area (TPSA) is 65.5 Å². The Hall–Kier alpha value is -2.04. The van der Waals surface area contributed by atoms with E-state index in [1.54, 1.807) is 7.05 Å². The van der Waals surface area contributed by atoms with Crippen molar-refractivity contribution in [1.29, 1.82) is 0 Å². The van der Waals surface area contributed by atoms with Gasteiger partial charge in [-0.1, -0.05) is 58.9 Å². The van der Waals surface area contributed by atoms with Gasteiger partial charge in [0.05, 0.1) is 0 Å². The fourth-order valence-corrected chi connectivity index (χ4v) is 2.41. The van der Waals surface area contributed by atoms with E-state index in [0.717, 1.165) is 25.3 Å². The van der Waals surface area contributed by atoms with Crippen LogP contribution in [0.2, 0.25) is 0 Å². The highest BCUT2D eigenvalue weighted by Gasteiger charge is 2.20. The molecule has 0 unspecified atom stereocenters. The summed E-state index contributed by atoms with van der Waals surface area (Å²) in [6.45, 7) is 12.3. The second kappa shape index (κ2) is 10.8. The Morgan fingerprint density at radius 3 is 2.12 bits per heavy atom. The van der Waals surface area contributed by atoms with Crippen LogP contribution in [0.1, 0.15) is 58.1 Å². The lowest BCUT2D eigenvalue weighted by molar-refractivity contribution is -0.128. The second-order valence-corrected chi connectivity index (χ2v) is 7.93. The van der Waals surface area contributed by atoms with E-state index in [4.69, 9.17) is 0 Å². The third kappa shape index (κ3) is 8.37. The number of amides is 1. The number of nitrogens with zero attached hydrogens (tertiary/aromatic N) is 1. The molecule has 1 amide bonds. The van der Waals surface area contributed by atoms with Crippen LogP contribution >= 0.6 is 0 Å². The first-order valence-electron chi connectivity index (χ1n) is 9.55. The monoisotopic (exact) mass is 360 g/mol. The molecule has 5 heteroatoms. The van der Waals surface area contributed by atoms with Gasteiger partial charge in [-0.05, 0) is 29.9 Å². The maximum Gasteiger partial charge on any atom is 0.225 e. The zero-order chi connectivity index (χ0) is 19.6. The number of aliphatic imine (C=N–C) groups is 1. The molecule has 0 aliphatic rings. The SMILES string of the molecule is CN=C(NCCCc1ccc(C(C)C)cc1)NCCNC(=O)C(C)(C)C. The quantitative estimate of drug-likeness (QED) is 0.379. The van der Waals surface area contributed by atoms with Crippen LogP contribution in [0.3, 0.4) is 0 Å². The van der Waals surface area contributed by atoms with Gasteiger partial charge in [-0.3, -0.25) is 9.79 Å². The van der Waals surface area contributed by atoms with Crippen LogP contribution in [0, 0.1) is 5.41 Å². The minimum atomic E-state index is -0.354. The Kier molecular flexibility index (Phi) is 9.17. The van der Waals surface area contributed by atoms with Gasteiger partial charge in [-0.25, -0.2) is 0 Å². The maximum atomic E-state index is 11.8. The Morgan fingerprint density at radius 1 is 1.00 bits per heavy atom. The molecule has 0 aliphatic heterocycles. The van der Waals surface area contributed by atoms with Crippen LogP contribution in [0.4, 0.5) is 0 Å². The van der Waals surface area contributed by atoms with Gasteiger partial charge in [-0.2, -0.15) is 0 Å². The van der Waals surface area contributed by atoms with E-state index >= 15 is 0 Å². The predicted molar refractivity (Wildman–Crippen MR) is 111 cm³/mol. The molecule has 0 saturated heterocycles. The van der Waals surface area contributed by atoms with Gasteiger partial charge in [0.2, 0.25) is 5.91 Å². The van der Waals surface area contributed by atoms with Crippen LogP contribution in [-0.4, -0.2) is 38.5 Å². The van der Waals surface area contributed by atoms with Crippen molar-refractivity contribution >= 4 is 11.9 Å². The number of hydrogen-bond donors (Lipinski definition) is 3. The number of rotatable bonds is 8. The van der Waals surface area contributed by atoms with Gasteiger partial charge in [0.25, 0.3) is 0 Å². The van der Waals surface area contributed by atoms with Crippen LogP contribution in [0.25, 0.3) is 0 Å². The normalized spacial score (nSPS) is 12.2. The van der Waals surface area contributed by atoms with Gasteiger partial charge in [0, 0.05) is 32.1 Å². The Labute approximate surface area is 159 Å². The number of nitrogens with one attached hydrogen (secondary N) is 3. The molecular formula is C21H36N4O. The molecular weight excluding hydrogens is 324 g/mol. The van der Waals surface area contributed by atoms with E-state index in [0.29, 0.717) is 19.0 Å². The molecule has 0 saturated carbocycles. The minimum absolute atomic E-state index is 0.0609. The summed E-state index contributed by atoms with van der Waals surface area (Å²) in [5.74, 6) is 1.41. The largest absolute Gasteiger partial charge is 0.356 e. The molecule has 0 aliphatic carbocycles. The lowest BCUT2D eigenvalue weighted by Gasteiger charge is -2.18. The molecule has 0 spiro atoms. The molecule has 0 aromatic heterocycles. The van der Waals surface area contributed by atoms with E-state index in [2.05, 4.69) is 59.1 Å². The number of benzene rings is 1. The zero-order valence-electron chi connectivity index (χ0n) is 17.3. The lowest BCUT2D eigenvalue weighted by atomic mass is 9.96. The van der Waals surface area contributed by atoms with Gasteiger partial charge < -0.3 is 16.0 Å². The Morgan fingerprint density at radius 2 is 1.58 bits per heavy atom. The van der Waals surface area contributed by atoms with Gasteiger partial charge in [-0.15, -0.1) is 0 Å². The van der Waals surface area contributed by atoms with E-state index in [1.807, 2.05) is 20.8 Å². The predicted octanol–water partition coefficient (Wildman–Crippen LogP) is 3.07. The van der Waals surface area contributed by atoms with Crippen molar-refractivity contribution in [3.8, 4) is 0 Å². The smallest absolute Gasteiger partial charge is 0.225 e. The van der Waals surface area contributed by atoms with Gasteiger partial charge in [0.15, 0.2) is 5.96 Å². The number of guanidine groups is 1. The molecule has 146 valence electrons. The minimum Gasteiger partial charge on any atom is -0.356 e. The first kappa shape index (κ1) is 22.0. The average Bonchev–Trinajstić information content (AvgIpc) is 2.59. The molecule has 0 radical (unpaired) electrons. The number of carbonyl (C=O) groups is 1. The van der Waals surface area contributed by atoms with Crippen LogP contribution in [-0.2, 0) is 11.2 Å². The van der Waals surface area contributed by atoms with E-state index in [1.165, 1.54) is 11.1 Å². The van der Waals surface area contributed by atoms with Gasteiger partial charge >= 0.3 is 0 Å². The third-order valence-corrected chi connectivity index (χ3v) is 4.19. The van der Waals surface area contributed by atoms with Crippen LogP contribution in [0.5, 0.6) is 0 Å². The molecule has 5 nitrogen and oxygen atoms in total. The van der Waals surface area contributed by atoms with Crippen molar-refractivity contribution in [3.63, 3.8) is 0 Å². The molecule has 3 N–H and O–H groups in total. The van der Waals surface area contributed by atoms with E-state index in [-0.39, 0.29) is 11.3 Å². The Balaban J connectivity index is 2.21. The van der Waals surface area contributed by atoms with E-state index < -0.39 is 0 Å². The summed E-state index contributed by atoms with van der Waals surface area (Å²) in [6, 6.07) is 8.89. The molecule has 0 atom stereocenters. The second-order valence-electron chi connectivity index (χ2n) is 7.93. The lowest BCUT2D eigenvalue weighted by Crippen LogP contribution is -2.43. The van der Waals surface area contributed by atoms with Crippen molar-refractivity contribution in [2.45, 2.75) is 53.4 Å². The third-order valence-electron chi connectivity index (χ3n) is 4.19. The van der Waals surface area contributed by atoms with Crippen molar-refractivity contribution in [1.82, 2.24) is 16.0 Å². The summed E-state index contributed by atoms with van der Waals surface area (Å²) in [4.78, 5) is 16.0. The van der Waals surface area contributed by atoms with Crippen molar-refractivity contribution in [2.75, 3.05) is 26.7 Å². The maximum absolute atomic E-state index is 11.8. The summed E-state index contributed by atoms with van der Waals surface area (Å²) in [5.41, 5.74) is 2.40. The standard InChI is InChI=1S/C21H36N4O/c1-16(2)18-11-9-17(10-12-18)8-7-13-24-20(22-6)25-15-14-23-19(26)21(3,4)5/h9-12,16H,7-8,13-15H2,1-6H3,(H,23,26)(H2,22,24,25). The molecule has 1 aromatic carbocycles. The summed E-state index contributed by atoms with van der Waals surface area (Å²) in [7, 11) is 1.76. The highest BCUT2D eigenvalue weighted by molar-refractivity contribution is 5.81. The summed E-state index contributed by atoms with van der Waals surface area (Å²) < 4.78 is 0. The van der Waals surface area contributed by atoms with Crippen molar-refractivity contribution in [3.05, 3.63) is 35.4 Å². The van der Waals surface area contributed by atoms with Crippen molar-refractivity contribution < 1.29 is 4.79 Å². The highest BCUT2D eigenvalue weighted by atomic mass is 16.2. The van der Waals surface area contributed by atoms with Crippen LogP contribution < -0.4 is 16.0 Å². The molecule has 0 heterocycles. The molecule has 1 rings (SSSR count). The fourth-order valence-electron chi connectivity index (χ4n) is 2.41. The fraction of sp³-hybridized carbons (Fsp3) is 0.619. The molecule has 0 fully saturated rings. The number of hydrogen-bond acceptors (Lipinski definition) is 2. The average molecular weight is 361 g/mol. The summed E-state index contributed by atoms with van der Waals surface area (Å²) in [5, 5.41) is 9.45. The first-order valence-corrected chi connectivity index (χ1v) is 9.55. The Bertz CT molecular complexity index is 571. The summed E-state index contributed by atoms with van der Waals surface area (Å²) >= 11 is 0. The van der Waals surface area contributed by atoms with Gasteiger partial charge in [0.1, 0.15) is 0 Å². The number of aryl methyl sites for hydroxylation is 1. The highest BCUT2D eigenvalue weighted by Crippen LogP contribution is 2.15. The summed E-state index contributed by atoms with van der Waals surface area (Å²) in [6.07, 6.45) is 2.09.